The summed E-state index contributed by atoms with van der Waals surface area (Å²) in [6.07, 6.45) is 0. The van der Waals surface area contributed by atoms with Crippen LogP contribution >= 0.6 is 15.9 Å². The highest BCUT2D eigenvalue weighted by Gasteiger charge is 2.20. The Morgan fingerprint density at radius 2 is 1.90 bits per heavy atom. The first-order valence-electron chi connectivity index (χ1n) is 6.75. The summed E-state index contributed by atoms with van der Waals surface area (Å²) in [4.78, 5) is 0. The van der Waals surface area contributed by atoms with Gasteiger partial charge in [0.15, 0.2) is 0 Å². The number of methoxy groups -OCH3 is 1. The van der Waals surface area contributed by atoms with Gasteiger partial charge in [-0.1, -0.05) is 12.1 Å². The van der Waals surface area contributed by atoms with Crippen LogP contribution in [0.15, 0.2) is 34.8 Å². The zero-order valence-electron chi connectivity index (χ0n) is 12.6. The molecule has 1 unspecified atom stereocenters. The maximum Gasteiger partial charge on any atom is 0.133 e. The Morgan fingerprint density at radius 1 is 1.19 bits per heavy atom. The van der Waals surface area contributed by atoms with Crippen LogP contribution in [0.5, 0.6) is 5.75 Å². The Labute approximate surface area is 133 Å². The standard InChI is InChI=1S/C17H19BrFNO/c1-10-7-11(2)16(14(19)8-10)17(20-3)12-5-6-15(21-4)13(18)9-12/h5-9,17,20H,1-4H3. The molecular weight excluding hydrogens is 333 g/mol. The van der Waals surface area contributed by atoms with E-state index < -0.39 is 0 Å². The predicted octanol–water partition coefficient (Wildman–Crippen LogP) is 4.52. The lowest BCUT2D eigenvalue weighted by Crippen LogP contribution is -2.20. The highest BCUT2D eigenvalue weighted by molar-refractivity contribution is 9.10. The maximum atomic E-state index is 14.4. The van der Waals surface area contributed by atoms with Crippen molar-refractivity contribution in [1.29, 1.82) is 0 Å². The highest BCUT2D eigenvalue weighted by atomic mass is 79.9. The lowest BCUT2D eigenvalue weighted by atomic mass is 9.93. The van der Waals surface area contributed by atoms with E-state index in [0.29, 0.717) is 5.56 Å². The second-order valence-electron chi connectivity index (χ2n) is 5.09. The predicted molar refractivity (Wildman–Crippen MR) is 87.5 cm³/mol. The van der Waals surface area contributed by atoms with Gasteiger partial charge in [0, 0.05) is 5.56 Å². The second kappa shape index (κ2) is 6.58. The van der Waals surface area contributed by atoms with Crippen LogP contribution in [0, 0.1) is 19.7 Å². The van der Waals surface area contributed by atoms with Gasteiger partial charge in [0.1, 0.15) is 11.6 Å². The number of nitrogens with one attached hydrogen (secondary N) is 1. The Morgan fingerprint density at radius 3 is 2.43 bits per heavy atom. The molecule has 0 heterocycles. The van der Waals surface area contributed by atoms with Crippen LogP contribution in [0.3, 0.4) is 0 Å². The van der Waals surface area contributed by atoms with E-state index in [2.05, 4.69) is 21.2 Å². The van der Waals surface area contributed by atoms with Crippen molar-refractivity contribution in [3.05, 3.63) is 62.9 Å². The number of halogens is 2. The van der Waals surface area contributed by atoms with E-state index in [0.717, 1.165) is 26.9 Å². The van der Waals surface area contributed by atoms with Gasteiger partial charge in [-0.2, -0.15) is 0 Å². The minimum atomic E-state index is -0.201. The second-order valence-corrected chi connectivity index (χ2v) is 5.95. The molecule has 1 atom stereocenters. The van der Waals surface area contributed by atoms with Gasteiger partial charge in [0.2, 0.25) is 0 Å². The molecule has 0 spiro atoms. The molecule has 4 heteroatoms. The van der Waals surface area contributed by atoms with Gasteiger partial charge in [0.25, 0.3) is 0 Å². The molecule has 0 aliphatic rings. The molecule has 0 radical (unpaired) electrons. The van der Waals surface area contributed by atoms with Crippen molar-refractivity contribution in [3.8, 4) is 5.75 Å². The van der Waals surface area contributed by atoms with Gasteiger partial charge in [-0.3, -0.25) is 0 Å². The summed E-state index contributed by atoms with van der Waals surface area (Å²) in [6.45, 7) is 3.84. The van der Waals surface area contributed by atoms with Crippen LogP contribution in [0.1, 0.15) is 28.3 Å². The summed E-state index contributed by atoms with van der Waals surface area (Å²) in [5.41, 5.74) is 3.54. The molecule has 0 bridgehead atoms. The average Bonchev–Trinajstić information content (AvgIpc) is 2.42. The smallest absolute Gasteiger partial charge is 0.133 e. The molecule has 0 aliphatic carbocycles. The van der Waals surface area contributed by atoms with E-state index in [1.54, 1.807) is 13.2 Å². The third-order valence-electron chi connectivity index (χ3n) is 3.57. The zero-order valence-corrected chi connectivity index (χ0v) is 14.2. The van der Waals surface area contributed by atoms with Crippen LogP contribution in [0.25, 0.3) is 0 Å². The van der Waals surface area contributed by atoms with Crippen molar-refractivity contribution in [2.24, 2.45) is 0 Å². The molecule has 1 N–H and O–H groups in total. The van der Waals surface area contributed by atoms with Crippen molar-refractivity contribution in [2.75, 3.05) is 14.2 Å². The molecular formula is C17H19BrFNO. The maximum absolute atomic E-state index is 14.4. The molecule has 2 aromatic rings. The van der Waals surface area contributed by atoms with Crippen molar-refractivity contribution in [1.82, 2.24) is 5.32 Å². The fourth-order valence-corrected chi connectivity index (χ4v) is 3.19. The van der Waals surface area contributed by atoms with Crippen LogP contribution in [0.2, 0.25) is 0 Å². The third-order valence-corrected chi connectivity index (χ3v) is 4.19. The number of benzene rings is 2. The first-order valence-corrected chi connectivity index (χ1v) is 7.54. The Balaban J connectivity index is 2.52. The summed E-state index contributed by atoms with van der Waals surface area (Å²) in [7, 11) is 3.46. The minimum absolute atomic E-state index is 0.182. The summed E-state index contributed by atoms with van der Waals surface area (Å²) in [6, 6.07) is 9.16. The SMILES string of the molecule is CNC(c1ccc(OC)c(Br)c1)c1c(C)cc(C)cc1F. The molecule has 0 aromatic heterocycles. The van der Waals surface area contributed by atoms with E-state index in [1.165, 1.54) is 0 Å². The van der Waals surface area contributed by atoms with Crippen LogP contribution in [-0.2, 0) is 0 Å². The van der Waals surface area contributed by atoms with Gasteiger partial charge in [-0.15, -0.1) is 0 Å². The average molecular weight is 352 g/mol. The van der Waals surface area contributed by atoms with Gasteiger partial charge >= 0.3 is 0 Å². The number of rotatable bonds is 4. The molecule has 0 aliphatic heterocycles. The fourth-order valence-electron chi connectivity index (χ4n) is 2.63. The van der Waals surface area contributed by atoms with Crippen molar-refractivity contribution >= 4 is 15.9 Å². The van der Waals surface area contributed by atoms with Crippen LogP contribution in [-0.4, -0.2) is 14.2 Å². The summed E-state index contributed by atoms with van der Waals surface area (Å²) >= 11 is 3.48. The molecule has 0 saturated heterocycles. The van der Waals surface area contributed by atoms with Gasteiger partial charge < -0.3 is 10.1 Å². The first kappa shape index (κ1) is 16.0. The topological polar surface area (TPSA) is 21.3 Å². The van der Waals surface area contributed by atoms with Gasteiger partial charge in [-0.25, -0.2) is 4.39 Å². The number of aryl methyl sites for hydroxylation is 2. The molecule has 2 nitrogen and oxygen atoms in total. The fraction of sp³-hybridized carbons (Fsp3) is 0.294. The summed E-state index contributed by atoms with van der Waals surface area (Å²) in [5.74, 6) is 0.577. The van der Waals surface area contributed by atoms with E-state index in [-0.39, 0.29) is 11.9 Å². The van der Waals surface area contributed by atoms with Crippen LogP contribution < -0.4 is 10.1 Å². The van der Waals surface area contributed by atoms with Gasteiger partial charge in [-0.05, 0) is 71.7 Å². The molecule has 21 heavy (non-hydrogen) atoms. The van der Waals surface area contributed by atoms with E-state index >= 15 is 0 Å². The molecule has 2 rings (SSSR count). The number of hydrogen-bond acceptors (Lipinski definition) is 2. The molecule has 0 amide bonds. The molecule has 0 saturated carbocycles. The van der Waals surface area contributed by atoms with E-state index in [1.807, 2.05) is 45.2 Å². The number of ether oxygens (including phenoxy) is 1. The minimum Gasteiger partial charge on any atom is -0.496 e. The first-order chi connectivity index (χ1) is 9.97. The van der Waals surface area contributed by atoms with Gasteiger partial charge in [0.05, 0.1) is 17.6 Å². The van der Waals surface area contributed by atoms with Crippen molar-refractivity contribution < 1.29 is 9.13 Å². The quantitative estimate of drug-likeness (QED) is 0.873. The Kier molecular flexibility index (Phi) is 5.01. The Hall–Kier alpha value is -1.39. The normalized spacial score (nSPS) is 12.3. The van der Waals surface area contributed by atoms with Crippen molar-refractivity contribution in [2.45, 2.75) is 19.9 Å². The van der Waals surface area contributed by atoms with E-state index in [4.69, 9.17) is 4.74 Å². The molecule has 0 fully saturated rings. The molecule has 112 valence electrons. The van der Waals surface area contributed by atoms with E-state index in [9.17, 15) is 4.39 Å². The number of hydrogen-bond donors (Lipinski definition) is 1. The molecule has 2 aromatic carbocycles. The summed E-state index contributed by atoms with van der Waals surface area (Å²) < 4.78 is 20.5. The lowest BCUT2D eigenvalue weighted by molar-refractivity contribution is 0.412. The third kappa shape index (κ3) is 3.27. The lowest BCUT2D eigenvalue weighted by Gasteiger charge is -2.21. The highest BCUT2D eigenvalue weighted by Crippen LogP contribution is 2.33. The largest absolute Gasteiger partial charge is 0.496 e. The summed E-state index contributed by atoms with van der Waals surface area (Å²) in [5, 5.41) is 3.20. The van der Waals surface area contributed by atoms with Crippen LogP contribution in [0.4, 0.5) is 4.39 Å². The zero-order chi connectivity index (χ0) is 15.6. The van der Waals surface area contributed by atoms with Crippen molar-refractivity contribution in [3.63, 3.8) is 0 Å². The Bertz CT molecular complexity index is 634. The monoisotopic (exact) mass is 351 g/mol.